The molecule has 0 amide bonds. The maximum atomic E-state index is 13.1. The van der Waals surface area contributed by atoms with Crippen LogP contribution < -0.4 is 11.5 Å². The maximum Gasteiger partial charge on any atom is 0.123 e. The first kappa shape index (κ1) is 11.4. The highest BCUT2D eigenvalue weighted by atomic mass is 19.1. The van der Waals surface area contributed by atoms with E-state index in [0.29, 0.717) is 28.9 Å². The Morgan fingerprint density at radius 2 is 1.18 bits per heavy atom. The van der Waals surface area contributed by atoms with Gasteiger partial charge in [0.15, 0.2) is 0 Å². The van der Waals surface area contributed by atoms with Crippen molar-refractivity contribution in [2.45, 2.75) is 6.42 Å². The molecule has 4 heteroatoms. The van der Waals surface area contributed by atoms with Crippen molar-refractivity contribution in [1.82, 2.24) is 0 Å². The molecule has 0 aliphatic carbocycles. The Hall–Kier alpha value is -2.10. The molecule has 0 bridgehead atoms. The van der Waals surface area contributed by atoms with Crippen LogP contribution in [0.5, 0.6) is 0 Å². The molecule has 0 heterocycles. The second kappa shape index (κ2) is 4.41. The molecule has 2 aromatic carbocycles. The molecule has 17 heavy (non-hydrogen) atoms. The van der Waals surface area contributed by atoms with Gasteiger partial charge in [0.2, 0.25) is 0 Å². The molecule has 0 saturated heterocycles. The zero-order valence-electron chi connectivity index (χ0n) is 9.08. The lowest BCUT2D eigenvalue weighted by Crippen LogP contribution is -2.00. The van der Waals surface area contributed by atoms with Gasteiger partial charge < -0.3 is 11.5 Å². The lowest BCUT2D eigenvalue weighted by molar-refractivity contribution is 0.624. The Morgan fingerprint density at radius 1 is 0.765 bits per heavy atom. The fourth-order valence-electron chi connectivity index (χ4n) is 1.66. The van der Waals surface area contributed by atoms with Crippen molar-refractivity contribution >= 4 is 11.4 Å². The molecule has 2 aromatic rings. The van der Waals surface area contributed by atoms with Crippen LogP contribution in [0.2, 0.25) is 0 Å². The monoisotopic (exact) mass is 234 g/mol. The normalized spacial score (nSPS) is 10.5. The van der Waals surface area contributed by atoms with Gasteiger partial charge in [-0.15, -0.1) is 0 Å². The lowest BCUT2D eigenvalue weighted by atomic mass is 10.0. The van der Waals surface area contributed by atoms with Crippen molar-refractivity contribution < 1.29 is 8.78 Å². The minimum absolute atomic E-state index is 0.313. The number of nitrogen functional groups attached to an aromatic ring is 2. The van der Waals surface area contributed by atoms with Crippen LogP contribution in [-0.4, -0.2) is 0 Å². The molecule has 0 spiro atoms. The Bertz CT molecular complexity index is 504. The van der Waals surface area contributed by atoms with Gasteiger partial charge >= 0.3 is 0 Å². The van der Waals surface area contributed by atoms with Crippen LogP contribution >= 0.6 is 0 Å². The molecule has 4 N–H and O–H groups in total. The van der Waals surface area contributed by atoms with E-state index in [0.717, 1.165) is 0 Å². The Morgan fingerprint density at radius 3 is 1.59 bits per heavy atom. The Balaban J connectivity index is 2.37. The summed E-state index contributed by atoms with van der Waals surface area (Å²) in [5, 5.41) is 0. The van der Waals surface area contributed by atoms with Gasteiger partial charge in [0.1, 0.15) is 11.6 Å². The van der Waals surface area contributed by atoms with Crippen LogP contribution in [0.25, 0.3) is 0 Å². The van der Waals surface area contributed by atoms with Crippen LogP contribution in [0.4, 0.5) is 20.2 Å². The molecule has 0 fully saturated rings. The summed E-state index contributed by atoms with van der Waals surface area (Å²) in [6.07, 6.45) is 0.313. The molecule has 0 aromatic heterocycles. The van der Waals surface area contributed by atoms with E-state index in [4.69, 9.17) is 11.5 Å². The van der Waals surface area contributed by atoms with Crippen molar-refractivity contribution in [3.63, 3.8) is 0 Å². The average Bonchev–Trinajstić information content (AvgIpc) is 2.28. The molecule has 0 unspecified atom stereocenters. The van der Waals surface area contributed by atoms with Crippen LogP contribution in [0, 0.1) is 11.6 Å². The molecule has 88 valence electrons. The highest BCUT2D eigenvalue weighted by Crippen LogP contribution is 2.22. The number of rotatable bonds is 2. The van der Waals surface area contributed by atoms with E-state index >= 15 is 0 Å². The minimum atomic E-state index is -0.371. The van der Waals surface area contributed by atoms with Gasteiger partial charge in [-0.05, 0) is 47.5 Å². The number of anilines is 2. The van der Waals surface area contributed by atoms with Gasteiger partial charge in [-0.2, -0.15) is 0 Å². The summed E-state index contributed by atoms with van der Waals surface area (Å²) >= 11 is 0. The zero-order valence-corrected chi connectivity index (χ0v) is 9.08. The third kappa shape index (κ3) is 2.53. The lowest BCUT2D eigenvalue weighted by Gasteiger charge is -2.08. The van der Waals surface area contributed by atoms with Crippen LogP contribution in [-0.2, 0) is 6.42 Å². The fraction of sp³-hybridized carbons (Fsp3) is 0.0769. The first-order valence-corrected chi connectivity index (χ1v) is 5.14. The van der Waals surface area contributed by atoms with Crippen molar-refractivity contribution in [3.8, 4) is 0 Å². The second-order valence-electron chi connectivity index (χ2n) is 3.86. The number of halogens is 2. The fourth-order valence-corrected chi connectivity index (χ4v) is 1.66. The smallest absolute Gasteiger partial charge is 0.123 e. The van der Waals surface area contributed by atoms with Gasteiger partial charge in [-0.25, -0.2) is 8.78 Å². The largest absolute Gasteiger partial charge is 0.398 e. The summed E-state index contributed by atoms with van der Waals surface area (Å²) in [5.41, 5.74) is 13.6. The van der Waals surface area contributed by atoms with Crippen LogP contribution in [0.3, 0.4) is 0 Å². The summed E-state index contributed by atoms with van der Waals surface area (Å²) in [5.74, 6) is -0.742. The molecule has 0 aliphatic heterocycles. The highest BCUT2D eigenvalue weighted by Gasteiger charge is 2.06. The van der Waals surface area contributed by atoms with E-state index in [2.05, 4.69) is 0 Å². The SMILES string of the molecule is Nc1ccc(F)cc1Cc1cc(F)ccc1N. The van der Waals surface area contributed by atoms with Crippen LogP contribution in [0.1, 0.15) is 11.1 Å². The second-order valence-corrected chi connectivity index (χ2v) is 3.86. The molecule has 0 radical (unpaired) electrons. The number of hydrogen-bond donors (Lipinski definition) is 2. The number of hydrogen-bond acceptors (Lipinski definition) is 2. The minimum Gasteiger partial charge on any atom is -0.398 e. The van der Waals surface area contributed by atoms with Crippen molar-refractivity contribution in [1.29, 1.82) is 0 Å². The topological polar surface area (TPSA) is 52.0 Å². The Kier molecular flexibility index (Phi) is 2.95. The Labute approximate surface area is 97.9 Å². The summed E-state index contributed by atoms with van der Waals surface area (Å²) in [7, 11) is 0. The number of nitrogens with two attached hydrogens (primary N) is 2. The molecule has 0 saturated carbocycles. The summed E-state index contributed by atoms with van der Waals surface area (Å²) in [6, 6.07) is 8.21. The summed E-state index contributed by atoms with van der Waals surface area (Å²) in [6.45, 7) is 0. The summed E-state index contributed by atoms with van der Waals surface area (Å²) in [4.78, 5) is 0. The molecular formula is C13H12F2N2. The molecular weight excluding hydrogens is 222 g/mol. The standard InChI is InChI=1S/C13H12F2N2/c14-10-1-3-12(16)8(6-10)5-9-7-11(15)2-4-13(9)17/h1-4,6-7H,5,16-17H2. The van der Waals surface area contributed by atoms with Crippen LogP contribution in [0.15, 0.2) is 36.4 Å². The van der Waals surface area contributed by atoms with Crippen molar-refractivity contribution in [2.24, 2.45) is 0 Å². The van der Waals surface area contributed by atoms with E-state index in [1.807, 2.05) is 0 Å². The van der Waals surface area contributed by atoms with E-state index in [1.54, 1.807) is 0 Å². The maximum absolute atomic E-state index is 13.1. The van der Waals surface area contributed by atoms with E-state index in [9.17, 15) is 8.78 Å². The first-order valence-electron chi connectivity index (χ1n) is 5.14. The quantitative estimate of drug-likeness (QED) is 0.785. The van der Waals surface area contributed by atoms with E-state index in [-0.39, 0.29) is 11.6 Å². The third-order valence-electron chi connectivity index (χ3n) is 2.59. The molecule has 2 rings (SSSR count). The first-order chi connectivity index (χ1) is 8.06. The predicted octanol–water partition coefficient (Wildman–Crippen LogP) is 2.72. The highest BCUT2D eigenvalue weighted by molar-refractivity contribution is 5.54. The van der Waals surface area contributed by atoms with Crippen molar-refractivity contribution in [3.05, 3.63) is 59.2 Å². The molecule has 0 atom stereocenters. The molecule has 0 aliphatic rings. The molecule has 2 nitrogen and oxygen atoms in total. The van der Waals surface area contributed by atoms with Gasteiger partial charge in [-0.3, -0.25) is 0 Å². The summed E-state index contributed by atoms with van der Waals surface area (Å²) < 4.78 is 26.1. The number of benzene rings is 2. The van der Waals surface area contributed by atoms with Crippen molar-refractivity contribution in [2.75, 3.05) is 11.5 Å². The van der Waals surface area contributed by atoms with E-state index in [1.165, 1.54) is 36.4 Å². The van der Waals surface area contributed by atoms with Gasteiger partial charge in [0, 0.05) is 17.8 Å². The van der Waals surface area contributed by atoms with Gasteiger partial charge in [-0.1, -0.05) is 0 Å². The van der Waals surface area contributed by atoms with Gasteiger partial charge in [0.05, 0.1) is 0 Å². The predicted molar refractivity (Wildman–Crippen MR) is 64.4 cm³/mol. The van der Waals surface area contributed by atoms with E-state index < -0.39 is 0 Å². The van der Waals surface area contributed by atoms with Gasteiger partial charge in [0.25, 0.3) is 0 Å². The average molecular weight is 234 g/mol. The zero-order chi connectivity index (χ0) is 12.4. The third-order valence-corrected chi connectivity index (χ3v) is 2.59.